The molecule has 1 aliphatic heterocycles. The standard InChI is InChI=1S/C20H26N2O5S/c1-4-7-13(2)21-17(23)12-27-20(26)16(10-11-28-3)22-18(24)14-8-5-6-9-15(14)19(22)25/h5-6,8-9,13,16H,4,7,10-12H2,1-3H3,(H,21,23)/t13-,16+/m0/s1. The van der Waals surface area contributed by atoms with Gasteiger partial charge in [0.2, 0.25) is 0 Å². The third-order valence-electron chi connectivity index (χ3n) is 4.48. The fraction of sp³-hybridized carbons (Fsp3) is 0.500. The Kier molecular flexibility index (Phi) is 8.04. The summed E-state index contributed by atoms with van der Waals surface area (Å²) in [5.41, 5.74) is 0.557. The molecule has 0 aromatic heterocycles. The van der Waals surface area contributed by atoms with Crippen molar-refractivity contribution in [1.29, 1.82) is 0 Å². The van der Waals surface area contributed by atoms with Crippen LogP contribution in [0.1, 0.15) is 53.8 Å². The Hall–Kier alpha value is -2.35. The maximum Gasteiger partial charge on any atom is 0.329 e. The number of rotatable bonds is 10. The van der Waals surface area contributed by atoms with Crippen LogP contribution < -0.4 is 5.32 Å². The number of amides is 3. The van der Waals surface area contributed by atoms with E-state index >= 15 is 0 Å². The molecule has 1 heterocycles. The molecular formula is C20H26N2O5S. The van der Waals surface area contributed by atoms with Gasteiger partial charge in [-0.05, 0) is 43.9 Å². The zero-order valence-electron chi connectivity index (χ0n) is 16.4. The van der Waals surface area contributed by atoms with Crippen molar-refractivity contribution in [2.45, 2.75) is 45.2 Å². The first kappa shape index (κ1) is 21.9. The first-order valence-corrected chi connectivity index (χ1v) is 10.7. The largest absolute Gasteiger partial charge is 0.454 e. The second-order valence-electron chi connectivity index (χ2n) is 6.69. The molecule has 0 aliphatic carbocycles. The molecule has 8 heteroatoms. The van der Waals surface area contributed by atoms with Gasteiger partial charge in [-0.25, -0.2) is 4.79 Å². The minimum Gasteiger partial charge on any atom is -0.454 e. The monoisotopic (exact) mass is 406 g/mol. The Bertz CT molecular complexity index is 717. The molecule has 2 atom stereocenters. The lowest BCUT2D eigenvalue weighted by molar-refractivity contribution is -0.152. The van der Waals surface area contributed by atoms with Gasteiger partial charge in [0.15, 0.2) is 6.61 Å². The van der Waals surface area contributed by atoms with Crippen LogP contribution in [-0.4, -0.2) is 59.3 Å². The summed E-state index contributed by atoms with van der Waals surface area (Å²) >= 11 is 1.49. The van der Waals surface area contributed by atoms with E-state index in [9.17, 15) is 19.2 Å². The predicted molar refractivity (Wildman–Crippen MR) is 107 cm³/mol. The fourth-order valence-electron chi connectivity index (χ4n) is 3.13. The van der Waals surface area contributed by atoms with Gasteiger partial charge in [0, 0.05) is 6.04 Å². The summed E-state index contributed by atoms with van der Waals surface area (Å²) in [5, 5.41) is 2.75. The van der Waals surface area contributed by atoms with Gasteiger partial charge in [-0.3, -0.25) is 19.3 Å². The minimum absolute atomic E-state index is 0.0141. The molecule has 0 fully saturated rings. The SMILES string of the molecule is CCC[C@H](C)NC(=O)COC(=O)[C@@H](CCSC)N1C(=O)c2ccccc2C1=O. The molecule has 1 aromatic carbocycles. The Balaban J connectivity index is 2.07. The summed E-state index contributed by atoms with van der Waals surface area (Å²) < 4.78 is 5.14. The summed E-state index contributed by atoms with van der Waals surface area (Å²) in [7, 11) is 0. The smallest absolute Gasteiger partial charge is 0.329 e. The number of nitrogens with one attached hydrogen (secondary N) is 1. The lowest BCUT2D eigenvalue weighted by Gasteiger charge is -2.24. The number of carbonyl (C=O) groups is 4. The Morgan fingerprint density at radius 3 is 2.29 bits per heavy atom. The lowest BCUT2D eigenvalue weighted by atomic mass is 10.1. The quantitative estimate of drug-likeness (QED) is 0.473. The van der Waals surface area contributed by atoms with Crippen molar-refractivity contribution in [3.05, 3.63) is 35.4 Å². The van der Waals surface area contributed by atoms with Crippen LogP contribution in [0.2, 0.25) is 0 Å². The zero-order valence-corrected chi connectivity index (χ0v) is 17.2. The number of thioether (sulfide) groups is 1. The third-order valence-corrected chi connectivity index (χ3v) is 5.12. The van der Waals surface area contributed by atoms with Gasteiger partial charge in [-0.1, -0.05) is 25.5 Å². The summed E-state index contributed by atoms with van der Waals surface area (Å²) in [6.45, 7) is 3.45. The number of nitrogens with zero attached hydrogens (tertiary/aromatic N) is 1. The van der Waals surface area contributed by atoms with E-state index in [4.69, 9.17) is 4.74 Å². The second kappa shape index (κ2) is 10.3. The van der Waals surface area contributed by atoms with E-state index in [0.29, 0.717) is 5.75 Å². The number of ether oxygens (including phenoxy) is 1. The third kappa shape index (κ3) is 5.13. The Labute approximate surface area is 169 Å². The van der Waals surface area contributed by atoms with Gasteiger partial charge in [-0.15, -0.1) is 0 Å². The molecule has 0 bridgehead atoms. The van der Waals surface area contributed by atoms with Gasteiger partial charge >= 0.3 is 5.97 Å². The zero-order chi connectivity index (χ0) is 20.7. The Morgan fingerprint density at radius 2 is 1.75 bits per heavy atom. The first-order valence-electron chi connectivity index (χ1n) is 9.32. The molecule has 28 heavy (non-hydrogen) atoms. The average molecular weight is 407 g/mol. The van der Waals surface area contributed by atoms with E-state index in [-0.39, 0.29) is 23.6 Å². The van der Waals surface area contributed by atoms with E-state index in [2.05, 4.69) is 5.32 Å². The number of carbonyl (C=O) groups excluding carboxylic acids is 4. The van der Waals surface area contributed by atoms with E-state index in [0.717, 1.165) is 17.7 Å². The van der Waals surface area contributed by atoms with E-state index in [1.165, 1.54) is 11.8 Å². The lowest BCUT2D eigenvalue weighted by Crippen LogP contribution is -2.47. The molecular weight excluding hydrogens is 380 g/mol. The second-order valence-corrected chi connectivity index (χ2v) is 7.67. The molecule has 0 radical (unpaired) electrons. The van der Waals surface area contributed by atoms with Crippen molar-refractivity contribution in [1.82, 2.24) is 10.2 Å². The number of hydrogen-bond donors (Lipinski definition) is 1. The fourth-order valence-corrected chi connectivity index (χ4v) is 3.59. The number of fused-ring (bicyclic) bond motifs is 1. The van der Waals surface area contributed by atoms with Gasteiger partial charge < -0.3 is 10.1 Å². The van der Waals surface area contributed by atoms with Gasteiger partial charge in [0.05, 0.1) is 11.1 Å². The van der Waals surface area contributed by atoms with Crippen molar-refractivity contribution in [2.24, 2.45) is 0 Å². The summed E-state index contributed by atoms with van der Waals surface area (Å²) in [6.07, 6.45) is 3.88. The highest BCUT2D eigenvalue weighted by Gasteiger charge is 2.43. The van der Waals surface area contributed by atoms with E-state index in [1.807, 2.05) is 20.1 Å². The van der Waals surface area contributed by atoms with Gasteiger partial charge in [0.25, 0.3) is 17.7 Å². The van der Waals surface area contributed by atoms with Crippen LogP contribution in [0.15, 0.2) is 24.3 Å². The van der Waals surface area contributed by atoms with E-state index in [1.54, 1.807) is 24.3 Å². The molecule has 152 valence electrons. The molecule has 1 aliphatic rings. The summed E-state index contributed by atoms with van der Waals surface area (Å²) in [4.78, 5) is 50.9. The summed E-state index contributed by atoms with van der Waals surface area (Å²) in [5.74, 6) is -1.61. The van der Waals surface area contributed by atoms with Crippen LogP contribution in [0.3, 0.4) is 0 Å². The molecule has 1 N–H and O–H groups in total. The van der Waals surface area contributed by atoms with Crippen molar-refractivity contribution < 1.29 is 23.9 Å². The first-order chi connectivity index (χ1) is 13.4. The van der Waals surface area contributed by atoms with E-state index < -0.39 is 36.3 Å². The Morgan fingerprint density at radius 1 is 1.14 bits per heavy atom. The molecule has 3 amide bonds. The molecule has 7 nitrogen and oxygen atoms in total. The predicted octanol–water partition coefficient (Wildman–Crippen LogP) is 2.25. The maximum absolute atomic E-state index is 12.7. The van der Waals surface area contributed by atoms with Crippen molar-refractivity contribution in [3.63, 3.8) is 0 Å². The van der Waals surface area contributed by atoms with Crippen LogP contribution >= 0.6 is 11.8 Å². The number of hydrogen-bond acceptors (Lipinski definition) is 6. The van der Waals surface area contributed by atoms with Crippen molar-refractivity contribution >= 4 is 35.5 Å². The van der Waals surface area contributed by atoms with Crippen LogP contribution in [-0.2, 0) is 14.3 Å². The molecule has 1 aromatic rings. The van der Waals surface area contributed by atoms with Crippen molar-refractivity contribution in [3.8, 4) is 0 Å². The highest BCUT2D eigenvalue weighted by Crippen LogP contribution is 2.26. The summed E-state index contributed by atoms with van der Waals surface area (Å²) in [6, 6.07) is 5.40. The normalized spacial score (nSPS) is 15.2. The number of imide groups is 1. The van der Waals surface area contributed by atoms with Crippen molar-refractivity contribution in [2.75, 3.05) is 18.6 Å². The molecule has 0 saturated heterocycles. The molecule has 0 spiro atoms. The number of benzene rings is 1. The minimum atomic E-state index is -1.05. The van der Waals surface area contributed by atoms with Gasteiger partial charge in [-0.2, -0.15) is 11.8 Å². The maximum atomic E-state index is 12.7. The molecule has 0 saturated carbocycles. The highest BCUT2D eigenvalue weighted by atomic mass is 32.2. The average Bonchev–Trinajstić information content (AvgIpc) is 2.92. The number of esters is 1. The van der Waals surface area contributed by atoms with Crippen LogP contribution in [0.4, 0.5) is 0 Å². The highest BCUT2D eigenvalue weighted by molar-refractivity contribution is 7.98. The van der Waals surface area contributed by atoms with Crippen LogP contribution in [0.5, 0.6) is 0 Å². The van der Waals surface area contributed by atoms with Gasteiger partial charge in [0.1, 0.15) is 6.04 Å². The topological polar surface area (TPSA) is 92.8 Å². The van der Waals surface area contributed by atoms with Crippen LogP contribution in [0, 0.1) is 0 Å². The van der Waals surface area contributed by atoms with Crippen LogP contribution in [0.25, 0.3) is 0 Å². The molecule has 0 unspecified atom stereocenters. The molecule has 2 rings (SSSR count).